The number of ether oxygens (including phenoxy) is 1. The van der Waals surface area contributed by atoms with Crippen LogP contribution in [-0.4, -0.2) is 9.97 Å². The molecule has 0 amide bonds. The summed E-state index contributed by atoms with van der Waals surface area (Å²) in [6.07, 6.45) is 0. The molecule has 0 bridgehead atoms. The fraction of sp³-hybridized carbons (Fsp3) is 0.0179. The van der Waals surface area contributed by atoms with E-state index in [1.807, 2.05) is 24.3 Å². The van der Waals surface area contributed by atoms with E-state index in [-0.39, 0.29) is 0 Å². The smallest absolute Gasteiger partial charge is 0.160 e. The van der Waals surface area contributed by atoms with Gasteiger partial charge in [-0.3, -0.25) is 0 Å². The molecule has 0 saturated heterocycles. The lowest BCUT2D eigenvalue weighted by Gasteiger charge is -2.39. The molecule has 282 valence electrons. The first-order valence-corrected chi connectivity index (χ1v) is 21.3. The van der Waals surface area contributed by atoms with Crippen LogP contribution < -0.4 is 4.74 Å². The number of rotatable bonds is 3. The highest BCUT2D eigenvalue weighted by atomic mass is 32.1. The predicted molar refractivity (Wildman–Crippen MR) is 248 cm³/mol. The maximum absolute atomic E-state index is 9.59. The number of nitriles is 1. The van der Waals surface area contributed by atoms with Crippen molar-refractivity contribution >= 4 is 53.2 Å². The Hall–Kier alpha value is -7.91. The van der Waals surface area contributed by atoms with Crippen LogP contribution in [0.3, 0.4) is 0 Å². The van der Waals surface area contributed by atoms with E-state index in [9.17, 15) is 5.26 Å². The number of hydrogen-bond donors (Lipinski definition) is 0. The summed E-state index contributed by atoms with van der Waals surface area (Å²) in [5.74, 6) is 2.36. The Kier molecular flexibility index (Phi) is 7.13. The largest absolute Gasteiger partial charge is 0.457 e. The highest BCUT2D eigenvalue weighted by molar-refractivity contribution is 7.26. The molecule has 1 aliphatic carbocycles. The van der Waals surface area contributed by atoms with Gasteiger partial charge >= 0.3 is 0 Å². The summed E-state index contributed by atoms with van der Waals surface area (Å²) >= 11 is 1.74. The maximum Gasteiger partial charge on any atom is 0.160 e. The molecule has 0 unspecified atom stereocenters. The molecular formula is C56H31N3OS. The third kappa shape index (κ3) is 4.85. The molecule has 11 aromatic rings. The highest BCUT2D eigenvalue weighted by Gasteiger charge is 2.51. The van der Waals surface area contributed by atoms with Crippen molar-refractivity contribution in [2.75, 3.05) is 0 Å². The van der Waals surface area contributed by atoms with E-state index in [0.717, 1.165) is 81.6 Å². The number of thiophene rings is 1. The van der Waals surface area contributed by atoms with E-state index >= 15 is 0 Å². The molecule has 3 heterocycles. The lowest BCUT2D eigenvalue weighted by Crippen LogP contribution is -2.32. The van der Waals surface area contributed by atoms with Crippen LogP contribution in [0.2, 0.25) is 0 Å². The minimum Gasteiger partial charge on any atom is -0.457 e. The van der Waals surface area contributed by atoms with Gasteiger partial charge in [0.25, 0.3) is 0 Å². The van der Waals surface area contributed by atoms with Crippen LogP contribution in [0.25, 0.3) is 86.7 Å². The molecule has 4 nitrogen and oxygen atoms in total. The van der Waals surface area contributed by atoms with E-state index in [4.69, 9.17) is 14.7 Å². The minimum atomic E-state index is -0.635. The Morgan fingerprint density at radius 3 is 1.75 bits per heavy atom. The molecule has 9 aromatic carbocycles. The Labute approximate surface area is 355 Å². The van der Waals surface area contributed by atoms with Crippen molar-refractivity contribution < 1.29 is 4.74 Å². The quantitative estimate of drug-likeness (QED) is 0.179. The summed E-state index contributed by atoms with van der Waals surface area (Å²) in [5.41, 5.74) is 13.1. The van der Waals surface area contributed by atoms with Crippen molar-refractivity contribution in [3.8, 4) is 62.5 Å². The first-order valence-electron chi connectivity index (χ1n) is 20.4. The van der Waals surface area contributed by atoms with Crippen molar-refractivity contribution in [2.24, 2.45) is 0 Å². The van der Waals surface area contributed by atoms with Crippen LogP contribution in [0.15, 0.2) is 188 Å². The van der Waals surface area contributed by atoms with Crippen molar-refractivity contribution in [3.63, 3.8) is 0 Å². The van der Waals surface area contributed by atoms with E-state index in [1.165, 1.54) is 33.0 Å². The summed E-state index contributed by atoms with van der Waals surface area (Å²) < 4.78 is 8.92. The second-order valence-corrected chi connectivity index (χ2v) is 17.0. The van der Waals surface area contributed by atoms with Crippen LogP contribution in [-0.2, 0) is 5.41 Å². The molecule has 0 atom stereocenters. The van der Waals surface area contributed by atoms with Crippen LogP contribution >= 0.6 is 11.3 Å². The highest BCUT2D eigenvalue weighted by Crippen LogP contribution is 2.63. The van der Waals surface area contributed by atoms with Crippen molar-refractivity contribution in [1.82, 2.24) is 9.97 Å². The molecule has 0 radical (unpaired) electrons. The van der Waals surface area contributed by atoms with Gasteiger partial charge in [-0.1, -0.05) is 115 Å². The molecule has 2 aromatic heterocycles. The summed E-state index contributed by atoms with van der Waals surface area (Å²) in [6, 6.07) is 69.2. The summed E-state index contributed by atoms with van der Waals surface area (Å²) in [5, 5.41) is 15.4. The van der Waals surface area contributed by atoms with Gasteiger partial charge in [0.2, 0.25) is 0 Å². The van der Waals surface area contributed by atoms with E-state index in [0.29, 0.717) is 11.4 Å². The number of aromatic nitrogens is 2. The molecule has 1 aliphatic heterocycles. The molecule has 1 spiro atoms. The van der Waals surface area contributed by atoms with Crippen LogP contribution in [0.5, 0.6) is 11.5 Å². The van der Waals surface area contributed by atoms with Gasteiger partial charge in [0.15, 0.2) is 5.82 Å². The van der Waals surface area contributed by atoms with Crippen molar-refractivity contribution in [2.45, 2.75) is 5.41 Å². The van der Waals surface area contributed by atoms with E-state index in [2.05, 4.69) is 170 Å². The second-order valence-electron chi connectivity index (χ2n) is 16.0. The lowest BCUT2D eigenvalue weighted by atomic mass is 9.65. The number of para-hydroxylation sites is 2. The zero-order chi connectivity index (χ0) is 40.2. The SMILES string of the molecule is N#Cc1ccc(-c2nc(-c3cc4ccccc4cc3-c3ccc4c(c3)C3(c5ccccc5Oc5ccccc53)c3cc5ccccc5cc3-4)c3sc4ccccc4c3n2)cc1. The van der Waals surface area contributed by atoms with Gasteiger partial charge in [0.05, 0.1) is 33.0 Å². The average Bonchev–Trinajstić information content (AvgIpc) is 3.83. The Bertz CT molecular complexity index is 3660. The molecule has 61 heavy (non-hydrogen) atoms. The van der Waals surface area contributed by atoms with Gasteiger partial charge in [0, 0.05) is 32.3 Å². The number of benzene rings is 9. The number of hydrogen-bond acceptors (Lipinski definition) is 5. The van der Waals surface area contributed by atoms with Gasteiger partial charge in [-0.15, -0.1) is 11.3 Å². The molecule has 0 saturated carbocycles. The number of nitrogens with zero attached hydrogens (tertiary/aromatic N) is 3. The van der Waals surface area contributed by atoms with E-state index in [1.54, 1.807) is 11.3 Å². The first-order chi connectivity index (χ1) is 30.2. The van der Waals surface area contributed by atoms with Crippen LogP contribution in [0, 0.1) is 11.3 Å². The zero-order valence-corrected chi connectivity index (χ0v) is 33.4. The average molecular weight is 794 g/mol. The maximum atomic E-state index is 9.59. The molecule has 13 rings (SSSR count). The van der Waals surface area contributed by atoms with E-state index < -0.39 is 5.41 Å². The minimum absolute atomic E-state index is 0.599. The third-order valence-electron chi connectivity index (χ3n) is 12.7. The molecule has 0 N–H and O–H groups in total. The first kappa shape index (κ1) is 34.0. The summed E-state index contributed by atoms with van der Waals surface area (Å²) in [6.45, 7) is 0. The van der Waals surface area contributed by atoms with Gasteiger partial charge in [-0.2, -0.15) is 5.26 Å². The molecular weight excluding hydrogens is 763 g/mol. The van der Waals surface area contributed by atoms with Crippen LogP contribution in [0.1, 0.15) is 27.8 Å². The fourth-order valence-corrected chi connectivity index (χ4v) is 11.2. The molecule has 0 fully saturated rings. The summed E-state index contributed by atoms with van der Waals surface area (Å²) in [7, 11) is 0. The topological polar surface area (TPSA) is 58.8 Å². The van der Waals surface area contributed by atoms with Gasteiger partial charge in [-0.05, 0) is 128 Å². The lowest BCUT2D eigenvalue weighted by molar-refractivity contribution is 0.436. The van der Waals surface area contributed by atoms with Crippen LogP contribution in [0.4, 0.5) is 0 Å². The molecule has 2 aliphatic rings. The third-order valence-corrected chi connectivity index (χ3v) is 13.9. The predicted octanol–water partition coefficient (Wildman–Crippen LogP) is 14.5. The second kappa shape index (κ2) is 12.8. The Morgan fingerprint density at radius 1 is 0.475 bits per heavy atom. The van der Waals surface area contributed by atoms with Crippen molar-refractivity contribution in [3.05, 3.63) is 216 Å². The fourth-order valence-electron chi connectivity index (χ4n) is 10.0. The Balaban J connectivity index is 1.13. The monoisotopic (exact) mass is 793 g/mol. The standard InChI is InChI=1S/C56H31N3OS/c57-32-33-21-23-34(24-22-33)55-58-52-41-15-5-10-20-51(41)61-54(52)53(59-55)44-29-37-13-2-1-11-35(37)27-42(44)39-25-26-40-43-28-36-12-3-4-14-38(36)30-48(43)56(47(40)31-39)45-16-6-8-18-49(45)60-50-19-9-7-17-46(50)56/h1-31H. The van der Waals surface area contributed by atoms with Gasteiger partial charge in [0.1, 0.15) is 11.5 Å². The van der Waals surface area contributed by atoms with Crippen molar-refractivity contribution in [1.29, 1.82) is 5.26 Å². The Morgan fingerprint density at radius 2 is 1.05 bits per heavy atom. The summed E-state index contributed by atoms with van der Waals surface area (Å²) in [4.78, 5) is 10.7. The normalized spacial score (nSPS) is 13.2. The van der Waals surface area contributed by atoms with Gasteiger partial charge in [-0.25, -0.2) is 9.97 Å². The zero-order valence-electron chi connectivity index (χ0n) is 32.6. The van der Waals surface area contributed by atoms with Gasteiger partial charge < -0.3 is 4.74 Å². The molecule has 5 heteroatoms. The number of fused-ring (bicyclic) bond motifs is 14.